The first kappa shape index (κ1) is 25.5. The molecule has 9 nitrogen and oxygen atoms in total. The second-order valence-corrected chi connectivity index (χ2v) is 8.95. The number of aromatic amines is 1. The summed E-state index contributed by atoms with van der Waals surface area (Å²) in [5.74, 6) is 0.474. The van der Waals surface area contributed by atoms with Gasteiger partial charge in [0.2, 0.25) is 11.8 Å². The van der Waals surface area contributed by atoms with Gasteiger partial charge in [-0.1, -0.05) is 5.16 Å². The lowest BCUT2D eigenvalue weighted by molar-refractivity contribution is -0.135. The third-order valence-corrected chi connectivity index (χ3v) is 6.74. The van der Waals surface area contributed by atoms with Crippen molar-refractivity contribution < 1.29 is 23.6 Å². The van der Waals surface area contributed by atoms with Gasteiger partial charge in [0.25, 0.3) is 0 Å². The fourth-order valence-electron chi connectivity index (χ4n) is 4.67. The van der Waals surface area contributed by atoms with Crippen molar-refractivity contribution in [1.29, 1.82) is 0 Å². The summed E-state index contributed by atoms with van der Waals surface area (Å²) in [5, 5.41) is 6.96. The fraction of sp³-hybridized carbons (Fsp3) is 0.600. The Bertz CT molecular complexity index is 1010. The van der Waals surface area contributed by atoms with Gasteiger partial charge in [0.15, 0.2) is 0 Å². The molecule has 0 saturated carbocycles. The quantitative estimate of drug-likeness (QED) is 0.542. The van der Waals surface area contributed by atoms with E-state index >= 15 is 0 Å². The van der Waals surface area contributed by atoms with Crippen LogP contribution in [0.5, 0.6) is 0 Å². The molecule has 1 saturated heterocycles. The second-order valence-electron chi connectivity index (χ2n) is 8.95. The van der Waals surface area contributed by atoms with E-state index in [9.17, 15) is 14.4 Å². The Kier molecular flexibility index (Phi) is 8.52. The standard InChI is InChI=1S/C25H36N4O5/c1-6-33-25(32)23-15(2)20(16(3)27-23)7-8-22(30)29-13-10-19(11-14-29)24(31)26-12-9-21-17(4)28-34-18(21)5/h19,27H,6-14H2,1-5H3,(H,26,31). The number of rotatable bonds is 9. The van der Waals surface area contributed by atoms with Crippen molar-refractivity contribution in [2.24, 2.45) is 5.92 Å². The lowest BCUT2D eigenvalue weighted by Gasteiger charge is -2.31. The van der Waals surface area contributed by atoms with Crippen LogP contribution < -0.4 is 5.32 Å². The van der Waals surface area contributed by atoms with Gasteiger partial charge in [0.1, 0.15) is 11.5 Å². The van der Waals surface area contributed by atoms with Crippen LogP contribution in [0.15, 0.2) is 4.52 Å². The van der Waals surface area contributed by atoms with Crippen molar-refractivity contribution in [2.75, 3.05) is 26.2 Å². The Morgan fingerprint density at radius 2 is 1.82 bits per heavy atom. The van der Waals surface area contributed by atoms with Gasteiger partial charge >= 0.3 is 5.97 Å². The molecule has 2 aromatic rings. The van der Waals surface area contributed by atoms with Crippen LogP contribution in [0.2, 0.25) is 0 Å². The number of carbonyl (C=O) groups is 3. The Hall–Kier alpha value is -3.10. The Morgan fingerprint density at radius 1 is 1.12 bits per heavy atom. The molecule has 34 heavy (non-hydrogen) atoms. The van der Waals surface area contributed by atoms with Crippen molar-refractivity contribution in [1.82, 2.24) is 20.4 Å². The number of ether oxygens (including phenoxy) is 1. The van der Waals surface area contributed by atoms with Crippen molar-refractivity contribution in [2.45, 2.75) is 66.7 Å². The molecular formula is C25H36N4O5. The predicted octanol–water partition coefficient (Wildman–Crippen LogP) is 2.94. The lowest BCUT2D eigenvalue weighted by atomic mass is 9.95. The highest BCUT2D eigenvalue weighted by Crippen LogP contribution is 2.22. The summed E-state index contributed by atoms with van der Waals surface area (Å²) in [6.07, 6.45) is 2.96. The first-order valence-corrected chi connectivity index (χ1v) is 12.0. The number of nitrogens with zero attached hydrogens (tertiary/aromatic N) is 2. The van der Waals surface area contributed by atoms with Crippen molar-refractivity contribution in [3.63, 3.8) is 0 Å². The maximum Gasteiger partial charge on any atom is 0.355 e. The highest BCUT2D eigenvalue weighted by molar-refractivity contribution is 5.90. The van der Waals surface area contributed by atoms with Crippen LogP contribution in [0.3, 0.4) is 0 Å². The summed E-state index contributed by atoms with van der Waals surface area (Å²) in [7, 11) is 0. The summed E-state index contributed by atoms with van der Waals surface area (Å²) in [6, 6.07) is 0. The van der Waals surface area contributed by atoms with Gasteiger partial charge in [0.05, 0.1) is 12.3 Å². The van der Waals surface area contributed by atoms with Gasteiger partial charge < -0.3 is 24.5 Å². The van der Waals surface area contributed by atoms with Gasteiger partial charge in [-0.05, 0) is 71.4 Å². The highest BCUT2D eigenvalue weighted by Gasteiger charge is 2.27. The minimum Gasteiger partial charge on any atom is -0.461 e. The number of esters is 1. The number of hydrogen-bond donors (Lipinski definition) is 2. The van der Waals surface area contributed by atoms with Crippen LogP contribution in [0.25, 0.3) is 0 Å². The first-order valence-electron chi connectivity index (χ1n) is 12.0. The van der Waals surface area contributed by atoms with Crippen LogP contribution in [0.1, 0.15) is 70.5 Å². The SMILES string of the molecule is CCOC(=O)c1[nH]c(C)c(CCC(=O)N2CCC(C(=O)NCCc3c(C)noc3C)CC2)c1C. The zero-order valence-electron chi connectivity index (χ0n) is 20.9. The maximum absolute atomic E-state index is 12.8. The third kappa shape index (κ3) is 5.87. The van der Waals surface area contributed by atoms with Gasteiger partial charge in [-0.3, -0.25) is 9.59 Å². The number of hydrogen-bond acceptors (Lipinski definition) is 6. The molecule has 0 unspecified atom stereocenters. The maximum atomic E-state index is 12.8. The van der Waals surface area contributed by atoms with Gasteiger partial charge in [-0.25, -0.2) is 4.79 Å². The zero-order chi connectivity index (χ0) is 24.8. The van der Waals surface area contributed by atoms with Crippen LogP contribution in [-0.2, 0) is 27.2 Å². The van der Waals surface area contributed by atoms with Crippen molar-refractivity contribution >= 4 is 17.8 Å². The summed E-state index contributed by atoms with van der Waals surface area (Å²) in [4.78, 5) is 42.4. The molecule has 0 aliphatic carbocycles. The van der Waals surface area contributed by atoms with Crippen LogP contribution in [0.4, 0.5) is 0 Å². The molecule has 0 atom stereocenters. The molecule has 3 heterocycles. The highest BCUT2D eigenvalue weighted by atomic mass is 16.5. The van der Waals surface area contributed by atoms with E-state index in [1.165, 1.54) is 0 Å². The van der Waals surface area contributed by atoms with Crippen molar-refractivity contribution in [3.8, 4) is 0 Å². The van der Waals surface area contributed by atoms with Gasteiger partial charge in [-0.15, -0.1) is 0 Å². The molecule has 2 amide bonds. The van der Waals surface area contributed by atoms with E-state index in [2.05, 4.69) is 15.5 Å². The summed E-state index contributed by atoms with van der Waals surface area (Å²) in [5.41, 5.74) is 5.09. The molecular weight excluding hydrogens is 436 g/mol. The number of carbonyl (C=O) groups excluding carboxylic acids is 3. The van der Waals surface area contributed by atoms with Crippen LogP contribution in [0, 0.1) is 33.6 Å². The molecule has 3 rings (SSSR count). The van der Waals surface area contributed by atoms with Crippen LogP contribution in [-0.4, -0.2) is 59.1 Å². The van der Waals surface area contributed by atoms with E-state index in [-0.39, 0.29) is 23.7 Å². The molecule has 0 spiro atoms. The summed E-state index contributed by atoms with van der Waals surface area (Å²) < 4.78 is 10.3. The molecule has 2 N–H and O–H groups in total. The van der Waals surface area contributed by atoms with Gasteiger partial charge in [-0.2, -0.15) is 0 Å². The fourth-order valence-corrected chi connectivity index (χ4v) is 4.67. The molecule has 0 aromatic carbocycles. The van der Waals surface area contributed by atoms with E-state index in [1.807, 2.05) is 32.6 Å². The summed E-state index contributed by atoms with van der Waals surface area (Å²) in [6.45, 7) is 11.4. The molecule has 0 radical (unpaired) electrons. The van der Waals surface area contributed by atoms with E-state index in [1.54, 1.807) is 6.92 Å². The molecule has 1 aliphatic heterocycles. The predicted molar refractivity (Wildman–Crippen MR) is 127 cm³/mol. The largest absolute Gasteiger partial charge is 0.461 e. The Balaban J connectivity index is 1.43. The minimum absolute atomic E-state index is 0.0453. The monoisotopic (exact) mass is 472 g/mol. The van der Waals surface area contributed by atoms with Crippen LogP contribution >= 0.6 is 0 Å². The zero-order valence-corrected chi connectivity index (χ0v) is 20.9. The average Bonchev–Trinajstić information content (AvgIpc) is 3.29. The number of aromatic nitrogens is 2. The molecule has 186 valence electrons. The topological polar surface area (TPSA) is 118 Å². The number of H-pyrrole nitrogens is 1. The molecule has 9 heteroatoms. The van der Waals surface area contributed by atoms with Crippen molar-refractivity contribution in [3.05, 3.63) is 39.5 Å². The molecule has 2 aromatic heterocycles. The molecule has 1 aliphatic rings. The first-order chi connectivity index (χ1) is 16.2. The lowest BCUT2D eigenvalue weighted by Crippen LogP contribution is -2.43. The Morgan fingerprint density at radius 3 is 2.44 bits per heavy atom. The van der Waals surface area contributed by atoms with E-state index in [0.717, 1.165) is 33.8 Å². The van der Waals surface area contributed by atoms with E-state index < -0.39 is 0 Å². The Labute approximate surface area is 200 Å². The molecule has 1 fully saturated rings. The number of piperidine rings is 1. The van der Waals surface area contributed by atoms with E-state index in [0.29, 0.717) is 64.0 Å². The smallest absolute Gasteiger partial charge is 0.355 e. The number of nitrogens with one attached hydrogen (secondary N) is 2. The normalized spacial score (nSPS) is 14.3. The second kappa shape index (κ2) is 11.4. The van der Waals surface area contributed by atoms with E-state index in [4.69, 9.17) is 9.26 Å². The van der Waals surface area contributed by atoms with Gasteiger partial charge in [0, 0.05) is 43.2 Å². The number of likely N-dealkylation sites (tertiary alicyclic amines) is 1. The number of aryl methyl sites for hydroxylation is 3. The minimum atomic E-state index is -0.368. The molecule has 0 bridgehead atoms. The average molecular weight is 473 g/mol. The third-order valence-electron chi connectivity index (χ3n) is 6.74. The summed E-state index contributed by atoms with van der Waals surface area (Å²) >= 11 is 0. The number of amides is 2.